The first kappa shape index (κ1) is 11.8. The zero-order chi connectivity index (χ0) is 11.0. The molecule has 1 aliphatic heterocycles. The molecule has 1 nitrogen and oxygen atoms in total. The standard InChI is InChI=1S/C10H18F3N/c1-9(2,3)8-5-4-7(6-14-8)10(11,12)13/h7-8,14H,4-6H2,1-3H3. The summed E-state index contributed by atoms with van der Waals surface area (Å²) >= 11 is 0. The molecule has 0 amide bonds. The highest BCUT2D eigenvalue weighted by Gasteiger charge is 2.42. The maximum Gasteiger partial charge on any atom is 0.393 e. The van der Waals surface area contributed by atoms with Crippen molar-refractivity contribution in [1.29, 1.82) is 0 Å². The third kappa shape index (κ3) is 2.87. The molecule has 1 rings (SSSR count). The Balaban J connectivity index is 2.47. The van der Waals surface area contributed by atoms with Crippen molar-refractivity contribution in [2.75, 3.05) is 6.54 Å². The Morgan fingerprint density at radius 3 is 1.93 bits per heavy atom. The second kappa shape index (κ2) is 3.72. The Kier molecular flexibility index (Phi) is 3.14. The summed E-state index contributed by atoms with van der Waals surface area (Å²) in [7, 11) is 0. The molecule has 0 aliphatic carbocycles. The molecule has 0 aromatic carbocycles. The summed E-state index contributed by atoms with van der Waals surface area (Å²) in [5, 5.41) is 3.00. The zero-order valence-corrected chi connectivity index (χ0v) is 8.91. The fourth-order valence-electron chi connectivity index (χ4n) is 1.88. The van der Waals surface area contributed by atoms with Crippen molar-refractivity contribution in [2.45, 2.75) is 45.8 Å². The first-order chi connectivity index (χ1) is 6.21. The van der Waals surface area contributed by atoms with E-state index in [9.17, 15) is 13.2 Å². The molecule has 0 radical (unpaired) electrons. The molecule has 0 saturated carbocycles. The lowest BCUT2D eigenvalue weighted by Crippen LogP contribution is -2.49. The number of hydrogen-bond acceptors (Lipinski definition) is 1. The summed E-state index contributed by atoms with van der Waals surface area (Å²) in [6, 6.07) is 0.209. The van der Waals surface area contributed by atoms with Crippen molar-refractivity contribution in [1.82, 2.24) is 5.32 Å². The number of hydrogen-bond donors (Lipinski definition) is 1. The van der Waals surface area contributed by atoms with Crippen LogP contribution in [0.15, 0.2) is 0 Å². The van der Waals surface area contributed by atoms with Crippen LogP contribution in [0.5, 0.6) is 0 Å². The summed E-state index contributed by atoms with van der Waals surface area (Å²) in [5.74, 6) is -1.15. The summed E-state index contributed by atoms with van der Waals surface area (Å²) in [4.78, 5) is 0. The van der Waals surface area contributed by atoms with E-state index >= 15 is 0 Å². The SMILES string of the molecule is CC(C)(C)C1CCC(C(F)(F)F)CN1. The predicted octanol–water partition coefficient (Wildman–Crippen LogP) is 2.96. The van der Waals surface area contributed by atoms with Gasteiger partial charge in [0.15, 0.2) is 0 Å². The molecule has 0 bridgehead atoms. The molecule has 0 aromatic rings. The van der Waals surface area contributed by atoms with Gasteiger partial charge < -0.3 is 5.32 Å². The van der Waals surface area contributed by atoms with Crippen molar-refractivity contribution in [3.8, 4) is 0 Å². The molecule has 0 aromatic heterocycles. The molecular weight excluding hydrogens is 191 g/mol. The fraction of sp³-hybridized carbons (Fsp3) is 1.00. The Labute approximate surface area is 83.1 Å². The van der Waals surface area contributed by atoms with Crippen molar-refractivity contribution in [3.05, 3.63) is 0 Å². The van der Waals surface area contributed by atoms with Gasteiger partial charge in [0.05, 0.1) is 5.92 Å². The van der Waals surface area contributed by atoms with Gasteiger partial charge in [-0.2, -0.15) is 13.2 Å². The van der Waals surface area contributed by atoms with Gasteiger partial charge in [0.1, 0.15) is 0 Å². The van der Waals surface area contributed by atoms with Crippen LogP contribution in [0.4, 0.5) is 13.2 Å². The van der Waals surface area contributed by atoms with E-state index in [1.165, 1.54) is 0 Å². The molecule has 1 heterocycles. The lowest BCUT2D eigenvalue weighted by molar-refractivity contribution is -0.180. The lowest BCUT2D eigenvalue weighted by atomic mass is 9.80. The molecule has 84 valence electrons. The number of halogens is 3. The molecule has 1 saturated heterocycles. The number of piperidine rings is 1. The average Bonchev–Trinajstić information content (AvgIpc) is 2.01. The van der Waals surface area contributed by atoms with Crippen molar-refractivity contribution >= 4 is 0 Å². The van der Waals surface area contributed by atoms with E-state index in [0.29, 0.717) is 6.42 Å². The summed E-state index contributed by atoms with van der Waals surface area (Å²) in [6.07, 6.45) is -3.15. The molecule has 1 aliphatic rings. The average molecular weight is 209 g/mol. The third-order valence-corrected chi connectivity index (χ3v) is 2.92. The van der Waals surface area contributed by atoms with Gasteiger partial charge in [-0.25, -0.2) is 0 Å². The Morgan fingerprint density at radius 1 is 1.07 bits per heavy atom. The van der Waals surface area contributed by atoms with Gasteiger partial charge in [-0.1, -0.05) is 20.8 Å². The molecule has 2 atom stereocenters. The summed E-state index contributed by atoms with van der Waals surface area (Å²) in [6.45, 7) is 6.24. The van der Waals surface area contributed by atoms with E-state index in [2.05, 4.69) is 26.1 Å². The van der Waals surface area contributed by atoms with Crippen LogP contribution < -0.4 is 5.32 Å². The summed E-state index contributed by atoms with van der Waals surface area (Å²) in [5.41, 5.74) is 0.0522. The number of alkyl halides is 3. The van der Waals surface area contributed by atoms with E-state index in [0.717, 1.165) is 0 Å². The second-order valence-corrected chi connectivity index (χ2v) is 5.14. The van der Waals surface area contributed by atoms with Gasteiger partial charge in [0.25, 0.3) is 0 Å². The molecule has 2 unspecified atom stereocenters. The highest BCUT2D eigenvalue weighted by Crippen LogP contribution is 2.35. The van der Waals surface area contributed by atoms with Crippen LogP contribution in [-0.2, 0) is 0 Å². The molecule has 4 heteroatoms. The molecule has 0 spiro atoms. The van der Waals surface area contributed by atoms with Gasteiger partial charge in [-0.3, -0.25) is 0 Å². The lowest BCUT2D eigenvalue weighted by Gasteiger charge is -2.38. The maximum absolute atomic E-state index is 12.3. The van der Waals surface area contributed by atoms with Crippen molar-refractivity contribution in [3.63, 3.8) is 0 Å². The van der Waals surface area contributed by atoms with Crippen LogP contribution >= 0.6 is 0 Å². The normalized spacial score (nSPS) is 30.4. The first-order valence-electron chi connectivity index (χ1n) is 5.01. The third-order valence-electron chi connectivity index (χ3n) is 2.92. The van der Waals surface area contributed by atoms with Crippen LogP contribution in [0.1, 0.15) is 33.6 Å². The fourth-order valence-corrected chi connectivity index (χ4v) is 1.88. The van der Waals surface area contributed by atoms with Crippen LogP contribution in [0.2, 0.25) is 0 Å². The van der Waals surface area contributed by atoms with Gasteiger partial charge >= 0.3 is 6.18 Å². The van der Waals surface area contributed by atoms with E-state index in [1.54, 1.807) is 0 Å². The van der Waals surface area contributed by atoms with Gasteiger partial charge in [-0.15, -0.1) is 0 Å². The van der Waals surface area contributed by atoms with Gasteiger partial charge in [-0.05, 0) is 18.3 Å². The number of rotatable bonds is 0. The summed E-state index contributed by atoms with van der Waals surface area (Å²) < 4.78 is 37.0. The van der Waals surface area contributed by atoms with Crippen LogP contribution in [0, 0.1) is 11.3 Å². The maximum atomic E-state index is 12.3. The quantitative estimate of drug-likeness (QED) is 0.646. The largest absolute Gasteiger partial charge is 0.393 e. The predicted molar refractivity (Wildman–Crippen MR) is 50.0 cm³/mol. The highest BCUT2D eigenvalue weighted by atomic mass is 19.4. The topological polar surface area (TPSA) is 12.0 Å². The second-order valence-electron chi connectivity index (χ2n) is 5.14. The Morgan fingerprint density at radius 2 is 1.64 bits per heavy atom. The van der Waals surface area contributed by atoms with Crippen LogP contribution in [0.3, 0.4) is 0 Å². The first-order valence-corrected chi connectivity index (χ1v) is 5.01. The molecular formula is C10H18F3N. The van der Waals surface area contributed by atoms with E-state index < -0.39 is 12.1 Å². The monoisotopic (exact) mass is 209 g/mol. The minimum Gasteiger partial charge on any atom is -0.313 e. The number of nitrogens with one attached hydrogen (secondary N) is 1. The smallest absolute Gasteiger partial charge is 0.313 e. The van der Waals surface area contributed by atoms with E-state index in [-0.39, 0.29) is 24.4 Å². The molecule has 1 N–H and O–H groups in total. The van der Waals surface area contributed by atoms with Crippen LogP contribution in [0.25, 0.3) is 0 Å². The Bertz CT molecular complexity index is 163. The van der Waals surface area contributed by atoms with Gasteiger partial charge in [0, 0.05) is 12.6 Å². The molecule has 1 fully saturated rings. The van der Waals surface area contributed by atoms with Crippen molar-refractivity contribution in [2.24, 2.45) is 11.3 Å². The minimum atomic E-state index is -4.03. The zero-order valence-electron chi connectivity index (χ0n) is 8.91. The molecule has 14 heavy (non-hydrogen) atoms. The van der Waals surface area contributed by atoms with E-state index in [1.807, 2.05) is 0 Å². The van der Waals surface area contributed by atoms with Crippen LogP contribution in [-0.4, -0.2) is 18.8 Å². The highest BCUT2D eigenvalue weighted by molar-refractivity contribution is 4.87. The van der Waals surface area contributed by atoms with E-state index in [4.69, 9.17) is 0 Å². The van der Waals surface area contributed by atoms with Crippen molar-refractivity contribution < 1.29 is 13.2 Å². The minimum absolute atomic E-state index is 0.0522. The Hall–Kier alpha value is -0.250. The van der Waals surface area contributed by atoms with Gasteiger partial charge in [0.2, 0.25) is 0 Å².